The van der Waals surface area contributed by atoms with E-state index >= 15 is 0 Å². The summed E-state index contributed by atoms with van der Waals surface area (Å²) in [5, 5.41) is 15.6. The zero-order valence-electron chi connectivity index (χ0n) is 26.8. The summed E-state index contributed by atoms with van der Waals surface area (Å²) < 4.78 is 50.6. The first-order valence-corrected chi connectivity index (χ1v) is 15.5. The van der Waals surface area contributed by atoms with Crippen molar-refractivity contribution >= 4 is 29.2 Å². The van der Waals surface area contributed by atoms with E-state index in [0.29, 0.717) is 36.6 Å². The summed E-state index contributed by atoms with van der Waals surface area (Å²) in [6.07, 6.45) is -5.08. The smallest absolute Gasteiger partial charge is 0.389 e. The van der Waals surface area contributed by atoms with Gasteiger partial charge in [-0.25, -0.2) is 4.79 Å². The summed E-state index contributed by atoms with van der Waals surface area (Å²) >= 11 is 0. The standard InChI is InChI=1S/C33H45F3N4O6/c1-22-19-40(23(2)21-41)31(43)27-18-26(38-32(44)37-25-11-6-5-7-12-25)13-14-28(27)46-24(3)10-8-9-17-45-29(22)20-39(4)30(42)15-16-33(34,35)36/h5-7,11-14,18,22-24,29,41H,8-10,15-17,19-21H2,1-4H3,(H2,37,38,44)/t22-,23+,24-,29-/m1/s1. The number of anilines is 2. The lowest BCUT2D eigenvalue weighted by Gasteiger charge is -2.36. The van der Waals surface area contributed by atoms with Crippen LogP contribution in [0.15, 0.2) is 48.5 Å². The third kappa shape index (κ3) is 11.5. The second-order valence-corrected chi connectivity index (χ2v) is 11.8. The van der Waals surface area contributed by atoms with Crippen LogP contribution in [0.1, 0.15) is 63.2 Å². The summed E-state index contributed by atoms with van der Waals surface area (Å²) in [6, 6.07) is 12.6. The number of nitrogens with zero attached hydrogens (tertiary/aromatic N) is 2. The van der Waals surface area contributed by atoms with E-state index in [0.717, 1.165) is 6.42 Å². The maximum Gasteiger partial charge on any atom is 0.389 e. The van der Waals surface area contributed by atoms with Gasteiger partial charge in [0.15, 0.2) is 0 Å². The fraction of sp³-hybridized carbons (Fsp3) is 0.545. The van der Waals surface area contributed by atoms with Gasteiger partial charge in [-0.3, -0.25) is 9.59 Å². The second-order valence-electron chi connectivity index (χ2n) is 11.8. The zero-order chi connectivity index (χ0) is 33.9. The number of likely N-dealkylation sites (N-methyl/N-ethyl adjacent to an activating group) is 1. The topological polar surface area (TPSA) is 120 Å². The summed E-state index contributed by atoms with van der Waals surface area (Å²) in [7, 11) is 1.44. The predicted octanol–water partition coefficient (Wildman–Crippen LogP) is 5.93. The SMILES string of the molecule is C[C@@H]1CCCCO[C@H](CN(C)C(=O)CCC(F)(F)F)[C@H](C)CN([C@@H](C)CO)C(=O)c2cc(NC(=O)Nc3ccccc3)ccc2O1. The molecule has 0 bridgehead atoms. The van der Waals surface area contributed by atoms with E-state index in [-0.39, 0.29) is 37.3 Å². The minimum atomic E-state index is -4.44. The van der Waals surface area contributed by atoms with Crippen LogP contribution in [0.4, 0.5) is 29.3 Å². The van der Waals surface area contributed by atoms with Gasteiger partial charge in [0.05, 0.1) is 36.8 Å². The number of hydrogen-bond acceptors (Lipinski definition) is 6. The summed E-state index contributed by atoms with van der Waals surface area (Å²) in [6.45, 7) is 5.57. The molecule has 0 aromatic heterocycles. The second kappa shape index (κ2) is 17.2. The number of benzene rings is 2. The molecule has 46 heavy (non-hydrogen) atoms. The molecule has 4 atom stereocenters. The number of carbonyl (C=O) groups is 3. The molecule has 0 aliphatic carbocycles. The third-order valence-electron chi connectivity index (χ3n) is 7.84. The Morgan fingerprint density at radius 1 is 1.09 bits per heavy atom. The van der Waals surface area contributed by atoms with E-state index in [4.69, 9.17) is 9.47 Å². The first-order valence-electron chi connectivity index (χ1n) is 15.5. The lowest BCUT2D eigenvalue weighted by Crippen LogP contribution is -2.48. The lowest BCUT2D eigenvalue weighted by molar-refractivity contribution is -0.149. The molecule has 1 heterocycles. The van der Waals surface area contributed by atoms with Crippen molar-refractivity contribution in [2.75, 3.05) is 44.0 Å². The highest BCUT2D eigenvalue weighted by Crippen LogP contribution is 2.29. The molecule has 4 amide bonds. The molecule has 0 fully saturated rings. The predicted molar refractivity (Wildman–Crippen MR) is 169 cm³/mol. The van der Waals surface area contributed by atoms with E-state index in [1.807, 2.05) is 19.9 Å². The number of rotatable bonds is 8. The van der Waals surface area contributed by atoms with Gasteiger partial charge >= 0.3 is 12.2 Å². The minimum Gasteiger partial charge on any atom is -0.490 e. The molecule has 3 N–H and O–H groups in total. The third-order valence-corrected chi connectivity index (χ3v) is 7.84. The van der Waals surface area contributed by atoms with Crippen LogP contribution in [-0.2, 0) is 9.53 Å². The van der Waals surface area contributed by atoms with E-state index in [9.17, 15) is 32.7 Å². The number of amides is 4. The summed E-state index contributed by atoms with van der Waals surface area (Å²) in [5.41, 5.74) is 1.13. The number of urea groups is 1. The zero-order valence-corrected chi connectivity index (χ0v) is 26.8. The average molecular weight is 651 g/mol. The van der Waals surface area contributed by atoms with Gasteiger partial charge < -0.3 is 35.0 Å². The number of para-hydroxylation sites is 1. The van der Waals surface area contributed by atoms with Crippen LogP contribution in [0.2, 0.25) is 0 Å². The van der Waals surface area contributed by atoms with Crippen molar-refractivity contribution < 1.29 is 42.1 Å². The van der Waals surface area contributed by atoms with Crippen molar-refractivity contribution in [2.45, 2.75) is 77.3 Å². The van der Waals surface area contributed by atoms with Gasteiger partial charge in [0, 0.05) is 50.5 Å². The van der Waals surface area contributed by atoms with Crippen molar-refractivity contribution in [2.24, 2.45) is 5.92 Å². The van der Waals surface area contributed by atoms with Crippen molar-refractivity contribution in [1.82, 2.24) is 9.80 Å². The fourth-order valence-electron chi connectivity index (χ4n) is 5.09. The van der Waals surface area contributed by atoms with E-state index < -0.39 is 49.0 Å². The van der Waals surface area contributed by atoms with Gasteiger partial charge in [-0.15, -0.1) is 0 Å². The highest BCUT2D eigenvalue weighted by Gasteiger charge is 2.32. The van der Waals surface area contributed by atoms with Crippen molar-refractivity contribution in [3.05, 3.63) is 54.1 Å². The van der Waals surface area contributed by atoms with Gasteiger partial charge in [0.25, 0.3) is 5.91 Å². The van der Waals surface area contributed by atoms with Crippen LogP contribution in [0.5, 0.6) is 5.75 Å². The maximum atomic E-state index is 14.2. The number of ether oxygens (including phenoxy) is 2. The monoisotopic (exact) mass is 650 g/mol. The van der Waals surface area contributed by atoms with Crippen LogP contribution >= 0.6 is 0 Å². The fourth-order valence-corrected chi connectivity index (χ4v) is 5.09. The van der Waals surface area contributed by atoms with Crippen LogP contribution in [0.25, 0.3) is 0 Å². The molecule has 1 aliphatic heterocycles. The first kappa shape index (κ1) is 36.6. The molecule has 0 saturated carbocycles. The van der Waals surface area contributed by atoms with Gasteiger partial charge in [-0.1, -0.05) is 25.1 Å². The Balaban J connectivity index is 1.89. The number of hydrogen-bond donors (Lipinski definition) is 3. The summed E-state index contributed by atoms with van der Waals surface area (Å²) in [4.78, 5) is 42.1. The number of halogens is 3. The summed E-state index contributed by atoms with van der Waals surface area (Å²) in [5.74, 6) is -1.15. The normalized spacial score (nSPS) is 20.5. The molecule has 1 aliphatic rings. The molecule has 254 valence electrons. The number of aliphatic hydroxyl groups is 1. The van der Waals surface area contributed by atoms with Crippen LogP contribution in [0.3, 0.4) is 0 Å². The Kier molecular flexibility index (Phi) is 13.7. The van der Waals surface area contributed by atoms with Crippen molar-refractivity contribution in [1.29, 1.82) is 0 Å². The molecular weight excluding hydrogens is 605 g/mol. The highest BCUT2D eigenvalue weighted by atomic mass is 19.4. The van der Waals surface area contributed by atoms with E-state index in [1.54, 1.807) is 43.3 Å². The molecule has 0 spiro atoms. The Morgan fingerprint density at radius 2 is 1.78 bits per heavy atom. The van der Waals surface area contributed by atoms with Gasteiger partial charge in [0.2, 0.25) is 5.91 Å². The quantitative estimate of drug-likeness (QED) is 0.326. The van der Waals surface area contributed by atoms with Crippen LogP contribution in [-0.4, -0.2) is 90.5 Å². The van der Waals surface area contributed by atoms with Crippen LogP contribution < -0.4 is 15.4 Å². The van der Waals surface area contributed by atoms with Crippen molar-refractivity contribution in [3.63, 3.8) is 0 Å². The Morgan fingerprint density at radius 3 is 2.46 bits per heavy atom. The lowest BCUT2D eigenvalue weighted by atomic mass is 10.0. The molecule has 3 rings (SSSR count). The average Bonchev–Trinajstić information content (AvgIpc) is 3.01. The molecule has 2 aromatic rings. The molecule has 0 saturated heterocycles. The molecule has 10 nitrogen and oxygen atoms in total. The Bertz CT molecular complexity index is 1300. The number of fused-ring (bicyclic) bond motifs is 1. The van der Waals surface area contributed by atoms with E-state index in [2.05, 4.69) is 10.6 Å². The number of carbonyl (C=O) groups excluding carboxylic acids is 3. The Hall–Kier alpha value is -3.84. The van der Waals surface area contributed by atoms with Gasteiger partial charge in [-0.2, -0.15) is 13.2 Å². The molecule has 0 radical (unpaired) electrons. The maximum absolute atomic E-state index is 14.2. The molecule has 0 unspecified atom stereocenters. The van der Waals surface area contributed by atoms with Crippen molar-refractivity contribution in [3.8, 4) is 5.75 Å². The highest BCUT2D eigenvalue weighted by molar-refractivity contribution is 6.02. The first-order chi connectivity index (χ1) is 21.8. The number of aliphatic hydroxyl groups excluding tert-OH is 1. The van der Waals surface area contributed by atoms with Gasteiger partial charge in [-0.05, 0) is 63.4 Å². The molecular formula is C33H45F3N4O6. The Labute approximate surface area is 268 Å². The number of alkyl halides is 3. The minimum absolute atomic E-state index is 0.0358. The molecule has 13 heteroatoms. The number of nitrogens with one attached hydrogen (secondary N) is 2. The van der Waals surface area contributed by atoms with Gasteiger partial charge in [0.1, 0.15) is 5.75 Å². The molecule has 2 aromatic carbocycles. The van der Waals surface area contributed by atoms with E-state index in [1.165, 1.54) is 22.9 Å². The largest absolute Gasteiger partial charge is 0.490 e. The van der Waals surface area contributed by atoms with Crippen LogP contribution in [0, 0.1) is 5.92 Å².